The van der Waals surface area contributed by atoms with E-state index in [9.17, 15) is 0 Å². The number of hydrogen-bond acceptors (Lipinski definition) is 2. The third-order valence-corrected chi connectivity index (χ3v) is 9.46. The van der Waals surface area contributed by atoms with Crippen molar-refractivity contribution in [1.29, 1.82) is 0 Å². The van der Waals surface area contributed by atoms with Crippen LogP contribution < -0.4 is 0 Å². The van der Waals surface area contributed by atoms with E-state index in [1.807, 2.05) is 24.3 Å². The Morgan fingerprint density at radius 3 is 1.42 bits per heavy atom. The second kappa shape index (κ2) is 9.35. The summed E-state index contributed by atoms with van der Waals surface area (Å²) in [6.07, 6.45) is 8.78. The van der Waals surface area contributed by atoms with Gasteiger partial charge in [0.25, 0.3) is 0 Å². The lowest BCUT2D eigenvalue weighted by Crippen LogP contribution is -1.98. The van der Waals surface area contributed by atoms with Crippen molar-refractivity contribution < 1.29 is 8.83 Å². The number of hydrogen-bond donors (Lipinski definition) is 0. The Hall–Kier alpha value is -5.80. The Morgan fingerprint density at radius 2 is 0.911 bits per heavy atom. The lowest BCUT2D eigenvalue weighted by atomic mass is 9.98. The van der Waals surface area contributed by atoms with E-state index in [0.29, 0.717) is 0 Å². The van der Waals surface area contributed by atoms with Crippen LogP contribution in [0.25, 0.3) is 93.6 Å². The quantitative estimate of drug-likeness (QED) is 0.209. The molecule has 0 amide bonds. The zero-order chi connectivity index (χ0) is 29.5. The highest BCUT2D eigenvalue weighted by atomic mass is 16.3. The first-order chi connectivity index (χ1) is 22.3. The molecule has 1 aliphatic carbocycles. The monoisotopic (exact) mass is 577 g/mol. The normalized spacial score (nSPS) is 13.6. The van der Waals surface area contributed by atoms with Crippen LogP contribution in [0.2, 0.25) is 0 Å². The smallest absolute Gasteiger partial charge is 0.135 e. The summed E-state index contributed by atoms with van der Waals surface area (Å²) in [6.45, 7) is 0. The van der Waals surface area contributed by atoms with E-state index in [0.717, 1.165) is 56.7 Å². The van der Waals surface area contributed by atoms with Crippen LogP contribution in [0, 0.1) is 0 Å². The fourth-order valence-corrected chi connectivity index (χ4v) is 7.28. The average molecular weight is 578 g/mol. The number of fused-ring (bicyclic) bond motifs is 9. The maximum absolute atomic E-state index is 6.12. The van der Waals surface area contributed by atoms with Gasteiger partial charge in [0.2, 0.25) is 0 Å². The van der Waals surface area contributed by atoms with Crippen LogP contribution in [0.1, 0.15) is 12.8 Å². The molecule has 3 heteroatoms. The zero-order valence-electron chi connectivity index (χ0n) is 24.5. The molecule has 0 atom stereocenters. The summed E-state index contributed by atoms with van der Waals surface area (Å²) in [7, 11) is 0. The van der Waals surface area contributed by atoms with E-state index < -0.39 is 0 Å². The lowest BCUT2D eigenvalue weighted by Gasteiger charge is -2.14. The number of furan rings is 2. The summed E-state index contributed by atoms with van der Waals surface area (Å²) < 4.78 is 14.7. The van der Waals surface area contributed by atoms with Crippen molar-refractivity contribution in [2.75, 3.05) is 0 Å². The maximum atomic E-state index is 6.12. The van der Waals surface area contributed by atoms with Gasteiger partial charge in [-0.1, -0.05) is 72.8 Å². The van der Waals surface area contributed by atoms with Crippen LogP contribution >= 0.6 is 0 Å². The fourth-order valence-electron chi connectivity index (χ4n) is 7.28. The molecular weight excluding hydrogens is 550 g/mol. The highest BCUT2D eigenvalue weighted by Crippen LogP contribution is 2.40. The summed E-state index contributed by atoms with van der Waals surface area (Å²) >= 11 is 0. The Bertz CT molecular complexity index is 2540. The molecule has 0 unspecified atom stereocenters. The molecule has 0 spiro atoms. The van der Waals surface area contributed by atoms with Gasteiger partial charge < -0.3 is 13.4 Å². The van der Waals surface area contributed by atoms with Gasteiger partial charge in [-0.2, -0.15) is 0 Å². The summed E-state index contributed by atoms with van der Waals surface area (Å²) in [5.41, 5.74) is 12.2. The molecule has 0 aliphatic heterocycles. The number of allylic oxidation sites excluding steroid dienone is 4. The van der Waals surface area contributed by atoms with E-state index >= 15 is 0 Å². The minimum Gasteiger partial charge on any atom is -0.456 e. The second-order valence-corrected chi connectivity index (χ2v) is 12.0. The van der Waals surface area contributed by atoms with Crippen molar-refractivity contribution in [2.24, 2.45) is 0 Å². The molecule has 0 fully saturated rings. The minimum absolute atomic E-state index is 0.918. The molecular formula is C42H27NO2. The summed E-state index contributed by atoms with van der Waals surface area (Å²) in [6, 6.07) is 43.5. The Labute approximate surface area is 258 Å². The van der Waals surface area contributed by atoms with E-state index in [1.165, 1.54) is 49.8 Å². The third kappa shape index (κ3) is 3.71. The van der Waals surface area contributed by atoms with Gasteiger partial charge in [0, 0.05) is 38.0 Å². The average Bonchev–Trinajstić information content (AvgIpc) is 3.77. The molecule has 9 aromatic rings. The van der Waals surface area contributed by atoms with E-state index in [1.54, 1.807) is 0 Å². The predicted molar refractivity (Wildman–Crippen MR) is 188 cm³/mol. The fraction of sp³-hybridized carbons (Fsp3) is 0.0476. The van der Waals surface area contributed by atoms with Crippen molar-refractivity contribution in [3.8, 4) is 22.3 Å². The molecule has 1 aliphatic rings. The van der Waals surface area contributed by atoms with Crippen LogP contribution in [-0.4, -0.2) is 4.57 Å². The van der Waals surface area contributed by atoms with Gasteiger partial charge in [0.15, 0.2) is 0 Å². The van der Waals surface area contributed by atoms with Gasteiger partial charge in [0.1, 0.15) is 22.3 Å². The van der Waals surface area contributed by atoms with E-state index in [-0.39, 0.29) is 0 Å². The van der Waals surface area contributed by atoms with Gasteiger partial charge in [-0.3, -0.25) is 0 Å². The van der Waals surface area contributed by atoms with Crippen molar-refractivity contribution in [3.05, 3.63) is 140 Å². The molecule has 0 saturated heterocycles. The van der Waals surface area contributed by atoms with Crippen LogP contribution in [0.15, 0.2) is 148 Å². The summed E-state index contributed by atoms with van der Waals surface area (Å²) in [4.78, 5) is 0. The van der Waals surface area contributed by atoms with E-state index in [4.69, 9.17) is 8.83 Å². The predicted octanol–water partition coefficient (Wildman–Crippen LogP) is 12.1. The first-order valence-corrected chi connectivity index (χ1v) is 15.6. The zero-order valence-corrected chi connectivity index (χ0v) is 24.5. The first-order valence-electron chi connectivity index (χ1n) is 15.6. The number of rotatable bonds is 3. The lowest BCUT2D eigenvalue weighted by molar-refractivity contribution is 0.668. The van der Waals surface area contributed by atoms with Crippen molar-refractivity contribution in [1.82, 2.24) is 4.57 Å². The highest BCUT2D eigenvalue weighted by Gasteiger charge is 2.17. The van der Waals surface area contributed by atoms with Gasteiger partial charge in [-0.15, -0.1) is 0 Å². The van der Waals surface area contributed by atoms with Gasteiger partial charge >= 0.3 is 0 Å². The molecule has 3 aromatic heterocycles. The molecule has 45 heavy (non-hydrogen) atoms. The number of nitrogens with zero attached hydrogens (tertiary/aromatic N) is 1. The first kappa shape index (κ1) is 24.6. The third-order valence-electron chi connectivity index (χ3n) is 9.46. The number of benzene rings is 6. The molecule has 212 valence electrons. The summed E-state index contributed by atoms with van der Waals surface area (Å²) in [5, 5.41) is 7.11. The SMILES string of the molecule is C1=CCCC(n2c3ccc(-c4ccc5oc6ccccc6c5c4)cc3c3cc(-c4ccc5oc6ccccc6c5c4)ccc32)=C1. The van der Waals surface area contributed by atoms with Crippen molar-refractivity contribution >= 4 is 71.4 Å². The Morgan fingerprint density at radius 1 is 0.444 bits per heavy atom. The Kier molecular flexibility index (Phi) is 5.11. The number of aromatic nitrogens is 1. The van der Waals surface area contributed by atoms with Crippen molar-refractivity contribution in [3.63, 3.8) is 0 Å². The minimum atomic E-state index is 0.918. The standard InChI is InChI=1S/C42H27NO2/c1-2-8-30(9-3-1)43-37-18-14-26(28-16-20-41-35(24-28)31-10-4-6-12-39(31)44-41)22-33(37)34-23-27(15-19-38(34)43)29-17-21-42-36(25-29)32-11-5-7-13-40(32)45-42/h1-2,4-8,10-25H,3,9H2. The number of para-hydroxylation sites is 2. The second-order valence-electron chi connectivity index (χ2n) is 12.0. The van der Waals surface area contributed by atoms with Crippen LogP contribution in [0.5, 0.6) is 0 Å². The van der Waals surface area contributed by atoms with Gasteiger partial charge in [-0.05, 0) is 102 Å². The van der Waals surface area contributed by atoms with Crippen LogP contribution in [0.3, 0.4) is 0 Å². The summed E-state index contributed by atoms with van der Waals surface area (Å²) in [5.74, 6) is 0. The largest absolute Gasteiger partial charge is 0.456 e. The molecule has 10 rings (SSSR count). The maximum Gasteiger partial charge on any atom is 0.135 e. The van der Waals surface area contributed by atoms with E-state index in [2.05, 4.69) is 120 Å². The molecule has 0 saturated carbocycles. The molecule has 3 heterocycles. The molecule has 3 nitrogen and oxygen atoms in total. The van der Waals surface area contributed by atoms with Gasteiger partial charge in [-0.25, -0.2) is 0 Å². The molecule has 0 radical (unpaired) electrons. The molecule has 0 bridgehead atoms. The van der Waals surface area contributed by atoms with Gasteiger partial charge in [0.05, 0.1) is 11.0 Å². The molecule has 0 N–H and O–H groups in total. The van der Waals surface area contributed by atoms with Crippen molar-refractivity contribution in [2.45, 2.75) is 12.8 Å². The molecule has 6 aromatic carbocycles. The highest BCUT2D eigenvalue weighted by molar-refractivity contribution is 6.13. The Balaban J connectivity index is 1.19. The van der Waals surface area contributed by atoms with Crippen LogP contribution in [-0.2, 0) is 0 Å². The topological polar surface area (TPSA) is 31.2 Å². The van der Waals surface area contributed by atoms with Crippen LogP contribution in [0.4, 0.5) is 0 Å².